The first-order chi connectivity index (χ1) is 19.0. The number of hydrogen-bond donors (Lipinski definition) is 0. The third-order valence-corrected chi connectivity index (χ3v) is 8.53. The van der Waals surface area contributed by atoms with Gasteiger partial charge in [-0.2, -0.15) is 0 Å². The van der Waals surface area contributed by atoms with Crippen molar-refractivity contribution in [3.63, 3.8) is 0 Å². The molecule has 5 rings (SSSR count). The number of unbranched alkanes of at least 4 members (excludes halogenated alkanes) is 4. The normalized spacial score (nSPS) is 17.2. The van der Waals surface area contributed by atoms with Crippen LogP contribution in [0.25, 0.3) is 11.7 Å². The van der Waals surface area contributed by atoms with Gasteiger partial charge < -0.3 is 9.80 Å². The second-order valence-corrected chi connectivity index (χ2v) is 11.4. The maximum Gasteiger partial charge on any atom is 0.267 e. The summed E-state index contributed by atoms with van der Waals surface area (Å²) in [7, 11) is 0. The number of thiocarbonyl (C=S) groups is 1. The van der Waals surface area contributed by atoms with Crippen LogP contribution in [0.2, 0.25) is 0 Å². The Morgan fingerprint density at radius 1 is 0.974 bits per heavy atom. The van der Waals surface area contributed by atoms with E-state index in [9.17, 15) is 14.0 Å². The maximum absolute atomic E-state index is 14.4. The van der Waals surface area contributed by atoms with Crippen molar-refractivity contribution in [3.8, 4) is 0 Å². The molecule has 0 atom stereocenters. The number of aromatic nitrogens is 2. The van der Waals surface area contributed by atoms with Gasteiger partial charge in [0.1, 0.15) is 21.6 Å². The first kappa shape index (κ1) is 27.3. The van der Waals surface area contributed by atoms with Gasteiger partial charge in [0.2, 0.25) is 0 Å². The lowest BCUT2D eigenvalue weighted by Gasteiger charge is -2.37. The van der Waals surface area contributed by atoms with Crippen molar-refractivity contribution < 1.29 is 9.18 Å². The molecule has 3 aromatic rings. The van der Waals surface area contributed by atoms with E-state index in [1.807, 2.05) is 21.9 Å². The lowest BCUT2D eigenvalue weighted by atomic mass is 10.1. The van der Waals surface area contributed by atoms with E-state index in [1.165, 1.54) is 35.1 Å². The van der Waals surface area contributed by atoms with Gasteiger partial charge >= 0.3 is 0 Å². The van der Waals surface area contributed by atoms with Crippen LogP contribution in [0.4, 0.5) is 15.9 Å². The molecular weight excluding hydrogens is 533 g/mol. The van der Waals surface area contributed by atoms with Crippen LogP contribution >= 0.6 is 24.0 Å². The summed E-state index contributed by atoms with van der Waals surface area (Å²) in [5, 5.41) is 0. The minimum Gasteiger partial charge on any atom is -0.366 e. The predicted octanol–water partition coefficient (Wildman–Crippen LogP) is 5.33. The number of anilines is 2. The summed E-state index contributed by atoms with van der Waals surface area (Å²) in [5.41, 5.74) is 1.23. The van der Waals surface area contributed by atoms with Crippen molar-refractivity contribution in [2.75, 3.05) is 42.5 Å². The average Bonchev–Trinajstić information content (AvgIpc) is 3.22. The van der Waals surface area contributed by atoms with E-state index < -0.39 is 0 Å². The molecule has 10 heteroatoms. The molecule has 1 aromatic carbocycles. The summed E-state index contributed by atoms with van der Waals surface area (Å²) in [5.74, 6) is 0.124. The van der Waals surface area contributed by atoms with Crippen molar-refractivity contribution >= 4 is 57.4 Å². The number of fused-ring (bicyclic) bond motifs is 1. The van der Waals surface area contributed by atoms with Crippen LogP contribution in [0.5, 0.6) is 0 Å². The minimum atomic E-state index is -0.249. The molecule has 0 spiro atoms. The smallest absolute Gasteiger partial charge is 0.267 e. The highest BCUT2D eigenvalue weighted by Crippen LogP contribution is 2.34. The van der Waals surface area contributed by atoms with E-state index in [4.69, 9.17) is 17.2 Å². The van der Waals surface area contributed by atoms with E-state index >= 15 is 0 Å². The van der Waals surface area contributed by atoms with Crippen LogP contribution in [-0.4, -0.2) is 57.2 Å². The molecule has 2 aromatic heterocycles. The Kier molecular flexibility index (Phi) is 8.62. The third kappa shape index (κ3) is 5.86. The number of thioether (sulfide) groups is 1. The van der Waals surface area contributed by atoms with Gasteiger partial charge in [-0.3, -0.25) is 18.9 Å². The maximum atomic E-state index is 14.4. The molecule has 1 amide bonds. The van der Waals surface area contributed by atoms with Crippen LogP contribution in [-0.2, 0) is 4.79 Å². The summed E-state index contributed by atoms with van der Waals surface area (Å²) >= 11 is 6.77. The summed E-state index contributed by atoms with van der Waals surface area (Å²) in [6.07, 6.45) is 8.80. The third-order valence-electron chi connectivity index (χ3n) is 7.16. The highest BCUT2D eigenvalue weighted by Gasteiger charge is 2.33. The Morgan fingerprint density at radius 2 is 1.69 bits per heavy atom. The van der Waals surface area contributed by atoms with Gasteiger partial charge in [-0.25, -0.2) is 9.37 Å². The Bertz CT molecular complexity index is 1470. The summed E-state index contributed by atoms with van der Waals surface area (Å²) in [4.78, 5) is 38.0. The molecule has 2 fully saturated rings. The topological polar surface area (TPSA) is 61.2 Å². The van der Waals surface area contributed by atoms with Gasteiger partial charge in [0.25, 0.3) is 11.5 Å². The molecule has 2 aliphatic rings. The first-order valence-corrected chi connectivity index (χ1v) is 14.7. The molecule has 0 unspecified atom stereocenters. The number of amides is 1. The fourth-order valence-corrected chi connectivity index (χ4v) is 6.31. The van der Waals surface area contributed by atoms with E-state index in [1.54, 1.807) is 41.4 Å². The van der Waals surface area contributed by atoms with Crippen molar-refractivity contribution in [2.45, 2.75) is 39.0 Å². The summed E-state index contributed by atoms with van der Waals surface area (Å²) < 4.78 is 16.4. The lowest BCUT2D eigenvalue weighted by Crippen LogP contribution is -2.47. The standard InChI is InChI=1S/C29H32FN5O2S2/c1-2-3-4-5-9-15-35-28(37)24(39-29(35)38)20-21-26(31-25-13-8-10-14-34(25)27(21)36)33-18-16-32(17-19-33)23-12-7-6-11-22(23)30/h6-8,10-14,20H,2-5,9,15-19H2,1H3/b24-20+. The van der Waals surface area contributed by atoms with Crippen LogP contribution in [0, 0.1) is 5.82 Å². The van der Waals surface area contributed by atoms with Gasteiger partial charge in [-0.05, 0) is 36.8 Å². The number of hydrogen-bond acceptors (Lipinski definition) is 7. The zero-order chi connectivity index (χ0) is 27.4. The van der Waals surface area contributed by atoms with Crippen molar-refractivity contribution in [2.24, 2.45) is 0 Å². The Balaban J connectivity index is 1.42. The monoisotopic (exact) mass is 565 g/mol. The molecule has 2 saturated heterocycles. The molecule has 0 saturated carbocycles. The largest absolute Gasteiger partial charge is 0.366 e. The van der Waals surface area contributed by atoms with Crippen molar-refractivity contribution in [3.05, 3.63) is 75.3 Å². The number of carbonyl (C=O) groups is 1. The number of para-hydroxylation sites is 1. The van der Waals surface area contributed by atoms with Crippen LogP contribution in [0.3, 0.4) is 0 Å². The average molecular weight is 566 g/mol. The van der Waals surface area contributed by atoms with Crippen LogP contribution in [0.1, 0.15) is 44.6 Å². The molecule has 7 nitrogen and oxygen atoms in total. The summed E-state index contributed by atoms with van der Waals surface area (Å²) in [6.45, 7) is 5.04. The van der Waals surface area contributed by atoms with Gasteiger partial charge in [0.15, 0.2) is 0 Å². The van der Waals surface area contributed by atoms with Gasteiger partial charge in [-0.1, -0.05) is 74.8 Å². The molecule has 4 heterocycles. The molecule has 0 N–H and O–H groups in total. The molecule has 39 heavy (non-hydrogen) atoms. The predicted molar refractivity (Wildman–Crippen MR) is 161 cm³/mol. The number of piperazine rings is 1. The number of halogens is 1. The molecule has 204 valence electrons. The SMILES string of the molecule is CCCCCCCN1C(=O)/C(=C\c2c(N3CCN(c4ccccc4F)CC3)nc3ccccn3c2=O)SC1=S. The number of benzene rings is 1. The highest BCUT2D eigenvalue weighted by molar-refractivity contribution is 8.26. The molecule has 0 aliphatic carbocycles. The molecular formula is C29H32FN5O2S2. The van der Waals surface area contributed by atoms with Gasteiger partial charge in [0.05, 0.1) is 16.2 Å². The van der Waals surface area contributed by atoms with E-state index in [-0.39, 0.29) is 17.3 Å². The number of carbonyl (C=O) groups excluding carboxylic acids is 1. The Morgan fingerprint density at radius 3 is 2.46 bits per heavy atom. The second kappa shape index (κ2) is 12.3. The van der Waals surface area contributed by atoms with E-state index in [0.29, 0.717) is 64.7 Å². The Labute approximate surface area is 237 Å². The first-order valence-electron chi connectivity index (χ1n) is 13.5. The molecule has 0 radical (unpaired) electrons. The van der Waals surface area contributed by atoms with Crippen LogP contribution < -0.4 is 15.4 Å². The number of pyridine rings is 1. The zero-order valence-electron chi connectivity index (χ0n) is 22.0. The van der Waals surface area contributed by atoms with E-state index in [2.05, 4.69) is 6.92 Å². The van der Waals surface area contributed by atoms with Crippen LogP contribution in [0.15, 0.2) is 58.4 Å². The van der Waals surface area contributed by atoms with Crippen molar-refractivity contribution in [1.82, 2.24) is 14.3 Å². The fraction of sp³-hybridized carbons (Fsp3) is 0.379. The number of nitrogens with zero attached hydrogens (tertiary/aromatic N) is 5. The molecule has 2 aliphatic heterocycles. The van der Waals surface area contributed by atoms with Crippen molar-refractivity contribution in [1.29, 1.82) is 0 Å². The van der Waals surface area contributed by atoms with E-state index in [0.717, 1.165) is 19.3 Å². The summed E-state index contributed by atoms with van der Waals surface area (Å²) in [6, 6.07) is 12.2. The number of rotatable bonds is 9. The quantitative estimate of drug-likeness (QED) is 0.197. The lowest BCUT2D eigenvalue weighted by molar-refractivity contribution is -0.122. The molecule has 0 bridgehead atoms. The minimum absolute atomic E-state index is 0.159. The second-order valence-electron chi connectivity index (χ2n) is 9.76. The Hall–Kier alpha value is -3.24. The zero-order valence-corrected chi connectivity index (χ0v) is 23.6. The van der Waals surface area contributed by atoms with Gasteiger partial charge in [-0.15, -0.1) is 0 Å². The highest BCUT2D eigenvalue weighted by atomic mass is 32.2. The van der Waals surface area contributed by atoms with Gasteiger partial charge in [0, 0.05) is 38.9 Å². The fourth-order valence-electron chi connectivity index (χ4n) is 5.02.